The first-order chi connectivity index (χ1) is 9.11. The number of carbonyl (C=O) groups is 1. The normalized spacial score (nSPS) is 16.6. The number of amides is 1. The smallest absolute Gasteiger partial charge is 0.254 e. The van der Waals surface area contributed by atoms with Crippen molar-refractivity contribution in [3.05, 3.63) is 28.8 Å². The highest BCUT2D eigenvalue weighted by atomic mass is 35.5. The van der Waals surface area contributed by atoms with Crippen LogP contribution in [0.15, 0.2) is 18.2 Å². The first kappa shape index (κ1) is 14.2. The van der Waals surface area contributed by atoms with Crippen LogP contribution in [-0.4, -0.2) is 48.4 Å². The summed E-state index contributed by atoms with van der Waals surface area (Å²) >= 11 is 5.87. The second-order valence-corrected chi connectivity index (χ2v) is 5.28. The average molecular weight is 282 g/mol. The van der Waals surface area contributed by atoms with Gasteiger partial charge in [0.1, 0.15) is 0 Å². The predicted molar refractivity (Wildman–Crippen MR) is 78.5 cm³/mol. The van der Waals surface area contributed by atoms with Crippen LogP contribution in [0.5, 0.6) is 0 Å². The zero-order chi connectivity index (χ0) is 13.8. The third-order valence-corrected chi connectivity index (χ3v) is 3.79. The van der Waals surface area contributed by atoms with Crippen LogP contribution in [0.3, 0.4) is 0 Å². The molecular weight excluding hydrogens is 262 g/mol. The number of carbonyl (C=O) groups excluding carboxylic acids is 1. The molecule has 1 aliphatic rings. The summed E-state index contributed by atoms with van der Waals surface area (Å²) in [6.07, 6.45) is 1.15. The summed E-state index contributed by atoms with van der Waals surface area (Å²) in [6.45, 7) is 6.73. The Balaban J connectivity index is 1.99. The molecule has 1 fully saturated rings. The molecule has 2 rings (SSSR count). The molecule has 1 aromatic carbocycles. The van der Waals surface area contributed by atoms with E-state index in [9.17, 15) is 4.79 Å². The number of benzene rings is 1. The van der Waals surface area contributed by atoms with Crippen molar-refractivity contribution in [2.24, 2.45) is 0 Å². The van der Waals surface area contributed by atoms with Crippen molar-refractivity contribution in [2.45, 2.75) is 13.3 Å². The summed E-state index contributed by atoms with van der Waals surface area (Å²) in [5, 5.41) is 0.490. The lowest BCUT2D eigenvalue weighted by molar-refractivity contribution is 0.0637. The van der Waals surface area contributed by atoms with E-state index in [4.69, 9.17) is 17.3 Å². The van der Waals surface area contributed by atoms with Crippen LogP contribution in [-0.2, 0) is 0 Å². The Morgan fingerprint density at radius 2 is 2.00 bits per heavy atom. The lowest BCUT2D eigenvalue weighted by Gasteiger charge is -2.34. The summed E-state index contributed by atoms with van der Waals surface area (Å²) in [6, 6.07) is 5.07. The molecule has 2 N–H and O–H groups in total. The number of nitrogens with zero attached hydrogens (tertiary/aromatic N) is 2. The highest BCUT2D eigenvalue weighted by Crippen LogP contribution is 2.20. The molecule has 19 heavy (non-hydrogen) atoms. The van der Waals surface area contributed by atoms with Crippen molar-refractivity contribution in [3.63, 3.8) is 0 Å². The molecule has 1 amide bonds. The van der Waals surface area contributed by atoms with Gasteiger partial charge in [0.2, 0.25) is 0 Å². The van der Waals surface area contributed by atoms with Crippen molar-refractivity contribution >= 4 is 23.2 Å². The molecule has 0 saturated carbocycles. The first-order valence-electron chi connectivity index (χ1n) is 6.68. The molecular formula is C14H20ClN3O. The number of nitrogens with two attached hydrogens (primary N) is 1. The number of rotatable bonds is 3. The van der Waals surface area contributed by atoms with Gasteiger partial charge in [0.05, 0.1) is 10.7 Å². The van der Waals surface area contributed by atoms with Gasteiger partial charge < -0.3 is 10.6 Å². The van der Waals surface area contributed by atoms with Gasteiger partial charge in [-0.1, -0.05) is 18.5 Å². The van der Waals surface area contributed by atoms with E-state index < -0.39 is 0 Å². The standard InChI is InChI=1S/C14H20ClN3O/c1-2-5-17-6-8-18(9-7-17)14(19)11-3-4-12(15)13(16)10-11/h3-4,10H,2,5-9,16H2,1H3. The van der Waals surface area contributed by atoms with E-state index >= 15 is 0 Å². The summed E-state index contributed by atoms with van der Waals surface area (Å²) in [4.78, 5) is 16.6. The average Bonchev–Trinajstić information content (AvgIpc) is 2.42. The van der Waals surface area contributed by atoms with Crippen LogP contribution in [0.25, 0.3) is 0 Å². The van der Waals surface area contributed by atoms with E-state index in [0.717, 1.165) is 39.1 Å². The molecule has 1 heterocycles. The van der Waals surface area contributed by atoms with Gasteiger partial charge in [0.25, 0.3) is 5.91 Å². The predicted octanol–water partition coefficient (Wildman–Crippen LogP) is 2.09. The van der Waals surface area contributed by atoms with E-state index in [2.05, 4.69) is 11.8 Å². The number of halogens is 1. The van der Waals surface area contributed by atoms with E-state index in [0.29, 0.717) is 16.3 Å². The lowest BCUT2D eigenvalue weighted by Crippen LogP contribution is -2.48. The number of anilines is 1. The van der Waals surface area contributed by atoms with Crippen molar-refractivity contribution in [3.8, 4) is 0 Å². The summed E-state index contributed by atoms with van der Waals surface area (Å²) in [5.74, 6) is 0.0412. The van der Waals surface area contributed by atoms with Crippen LogP contribution in [0.2, 0.25) is 5.02 Å². The number of hydrogen-bond donors (Lipinski definition) is 1. The van der Waals surface area contributed by atoms with E-state index in [1.165, 1.54) is 0 Å². The topological polar surface area (TPSA) is 49.6 Å². The second kappa shape index (κ2) is 6.26. The second-order valence-electron chi connectivity index (χ2n) is 4.87. The maximum atomic E-state index is 12.3. The molecule has 0 unspecified atom stereocenters. The van der Waals surface area contributed by atoms with Gasteiger partial charge in [0.15, 0.2) is 0 Å². The number of nitrogen functional groups attached to an aromatic ring is 1. The quantitative estimate of drug-likeness (QED) is 0.863. The maximum absolute atomic E-state index is 12.3. The molecule has 0 aliphatic carbocycles. The Hall–Kier alpha value is -1.26. The zero-order valence-corrected chi connectivity index (χ0v) is 12.0. The van der Waals surface area contributed by atoms with E-state index in [-0.39, 0.29) is 5.91 Å². The minimum absolute atomic E-state index is 0.0412. The highest BCUT2D eigenvalue weighted by Gasteiger charge is 2.21. The van der Waals surface area contributed by atoms with Gasteiger partial charge >= 0.3 is 0 Å². The van der Waals surface area contributed by atoms with E-state index in [1.807, 2.05) is 4.90 Å². The molecule has 0 bridgehead atoms. The molecule has 104 valence electrons. The third-order valence-electron chi connectivity index (χ3n) is 3.44. The molecule has 0 spiro atoms. The Morgan fingerprint density at radius 3 is 2.58 bits per heavy atom. The highest BCUT2D eigenvalue weighted by molar-refractivity contribution is 6.33. The summed E-state index contributed by atoms with van der Waals surface area (Å²) in [7, 11) is 0. The van der Waals surface area contributed by atoms with Crippen LogP contribution in [0.1, 0.15) is 23.7 Å². The van der Waals surface area contributed by atoms with Crippen LogP contribution >= 0.6 is 11.6 Å². The van der Waals surface area contributed by atoms with Gasteiger partial charge in [-0.25, -0.2) is 0 Å². The monoisotopic (exact) mass is 281 g/mol. The molecule has 1 aromatic rings. The zero-order valence-electron chi connectivity index (χ0n) is 11.2. The van der Waals surface area contributed by atoms with Crippen LogP contribution in [0, 0.1) is 0 Å². The lowest BCUT2D eigenvalue weighted by atomic mass is 10.1. The molecule has 4 nitrogen and oxygen atoms in total. The summed E-state index contributed by atoms with van der Waals surface area (Å²) in [5.41, 5.74) is 6.81. The van der Waals surface area contributed by atoms with Crippen molar-refractivity contribution < 1.29 is 4.79 Å². The van der Waals surface area contributed by atoms with Crippen molar-refractivity contribution in [1.29, 1.82) is 0 Å². The SMILES string of the molecule is CCCN1CCN(C(=O)c2ccc(Cl)c(N)c2)CC1. The fourth-order valence-corrected chi connectivity index (χ4v) is 2.47. The molecule has 0 aromatic heterocycles. The molecule has 5 heteroatoms. The molecule has 1 aliphatic heterocycles. The first-order valence-corrected chi connectivity index (χ1v) is 7.06. The largest absolute Gasteiger partial charge is 0.398 e. The third kappa shape index (κ3) is 3.39. The van der Waals surface area contributed by atoms with Crippen molar-refractivity contribution in [2.75, 3.05) is 38.5 Å². The van der Waals surface area contributed by atoms with Crippen molar-refractivity contribution in [1.82, 2.24) is 9.80 Å². The fourth-order valence-electron chi connectivity index (χ4n) is 2.35. The van der Waals surface area contributed by atoms with Gasteiger partial charge in [-0.2, -0.15) is 0 Å². The minimum atomic E-state index is 0.0412. The minimum Gasteiger partial charge on any atom is -0.398 e. The Morgan fingerprint density at radius 1 is 1.32 bits per heavy atom. The number of piperazine rings is 1. The molecule has 0 atom stereocenters. The van der Waals surface area contributed by atoms with Crippen LogP contribution < -0.4 is 5.73 Å². The Labute approximate surface area is 119 Å². The maximum Gasteiger partial charge on any atom is 0.254 e. The molecule has 1 saturated heterocycles. The van der Waals surface area contributed by atoms with Gasteiger partial charge in [-0.3, -0.25) is 9.69 Å². The van der Waals surface area contributed by atoms with Gasteiger partial charge in [-0.15, -0.1) is 0 Å². The Bertz CT molecular complexity index is 456. The Kier molecular flexibility index (Phi) is 4.66. The number of hydrogen-bond acceptors (Lipinski definition) is 3. The molecule has 0 radical (unpaired) electrons. The van der Waals surface area contributed by atoms with Gasteiger partial charge in [0, 0.05) is 31.7 Å². The fraction of sp³-hybridized carbons (Fsp3) is 0.500. The summed E-state index contributed by atoms with van der Waals surface area (Å²) < 4.78 is 0. The van der Waals surface area contributed by atoms with E-state index in [1.54, 1.807) is 18.2 Å². The van der Waals surface area contributed by atoms with Gasteiger partial charge in [-0.05, 0) is 31.2 Å². The van der Waals surface area contributed by atoms with Crippen LogP contribution in [0.4, 0.5) is 5.69 Å².